The maximum Gasteiger partial charge on any atom is 0.255 e. The van der Waals surface area contributed by atoms with Gasteiger partial charge < -0.3 is 36.6 Å². The second-order valence-electron chi connectivity index (χ2n) is 9.80. The number of carbonyl (C=O) groups excluding carboxylic acids is 3. The minimum absolute atomic E-state index is 0.0644. The number of anilines is 2. The summed E-state index contributed by atoms with van der Waals surface area (Å²) < 4.78 is 7.28. The van der Waals surface area contributed by atoms with E-state index in [1.165, 1.54) is 23.3 Å². The molecule has 0 radical (unpaired) electrons. The molecule has 0 spiro atoms. The van der Waals surface area contributed by atoms with E-state index < -0.39 is 30.4 Å². The summed E-state index contributed by atoms with van der Waals surface area (Å²) in [6.45, 7) is 0.293. The zero-order valence-electron chi connectivity index (χ0n) is 22.0. The van der Waals surface area contributed by atoms with E-state index in [4.69, 9.17) is 10.5 Å². The van der Waals surface area contributed by atoms with Gasteiger partial charge in [0.15, 0.2) is 17.7 Å². The van der Waals surface area contributed by atoms with E-state index in [0.29, 0.717) is 40.1 Å². The van der Waals surface area contributed by atoms with Gasteiger partial charge in [0, 0.05) is 41.5 Å². The molecule has 42 heavy (non-hydrogen) atoms. The van der Waals surface area contributed by atoms with Crippen molar-refractivity contribution in [3.63, 3.8) is 0 Å². The van der Waals surface area contributed by atoms with Crippen molar-refractivity contribution in [3.05, 3.63) is 83.4 Å². The van der Waals surface area contributed by atoms with Crippen molar-refractivity contribution in [1.29, 1.82) is 0 Å². The van der Waals surface area contributed by atoms with Gasteiger partial charge in [0.25, 0.3) is 11.8 Å². The quantitative estimate of drug-likeness (QED) is 0.168. The first kappa shape index (κ1) is 27.0. The van der Waals surface area contributed by atoms with Crippen LogP contribution in [-0.2, 0) is 16.1 Å². The van der Waals surface area contributed by atoms with E-state index in [-0.39, 0.29) is 24.2 Å². The van der Waals surface area contributed by atoms with Crippen molar-refractivity contribution in [2.75, 3.05) is 17.6 Å². The molecule has 4 heterocycles. The summed E-state index contributed by atoms with van der Waals surface area (Å²) in [5, 5.41) is 29.3. The van der Waals surface area contributed by atoms with Crippen LogP contribution in [0.25, 0.3) is 17.2 Å². The summed E-state index contributed by atoms with van der Waals surface area (Å²) in [5.41, 5.74) is 9.45. The molecule has 4 atom stereocenters. The number of imidazole rings is 1. The van der Waals surface area contributed by atoms with Crippen LogP contribution in [0.1, 0.15) is 38.1 Å². The number of amides is 3. The summed E-state index contributed by atoms with van der Waals surface area (Å²) in [7, 11) is 0. The van der Waals surface area contributed by atoms with Crippen LogP contribution in [0.15, 0.2) is 61.2 Å². The number of rotatable bonds is 7. The van der Waals surface area contributed by atoms with E-state index in [1.807, 2.05) is 0 Å². The molecule has 2 aliphatic rings. The van der Waals surface area contributed by atoms with Crippen LogP contribution in [0.3, 0.4) is 0 Å². The fraction of sp³-hybridized carbons (Fsp3) is 0.214. The molecule has 7 N–H and O–H groups in total. The minimum Gasteiger partial charge on any atom is -0.387 e. The summed E-state index contributed by atoms with van der Waals surface area (Å²) in [6.07, 6.45) is 1.08. The normalized spacial score (nSPS) is 21.4. The summed E-state index contributed by atoms with van der Waals surface area (Å²) in [6, 6.07) is 11.8. The Labute approximate surface area is 238 Å². The number of carbonyl (C=O) groups is 3. The molecule has 0 saturated carbocycles. The molecule has 1 saturated heterocycles. The molecule has 1 fully saturated rings. The molecule has 214 valence electrons. The Kier molecular flexibility index (Phi) is 7.08. The molecular formula is C28H26N8O6. The lowest BCUT2D eigenvalue weighted by molar-refractivity contribution is -0.117. The van der Waals surface area contributed by atoms with Crippen LogP contribution in [-0.4, -0.2) is 72.3 Å². The number of fused-ring (bicyclic) bond motifs is 2. The third kappa shape index (κ3) is 5.05. The Balaban J connectivity index is 1.03. The fourth-order valence-corrected chi connectivity index (χ4v) is 4.93. The van der Waals surface area contributed by atoms with Gasteiger partial charge >= 0.3 is 0 Å². The highest BCUT2D eigenvalue weighted by Gasteiger charge is 2.44. The smallest absolute Gasteiger partial charge is 0.255 e. The molecule has 14 nitrogen and oxygen atoms in total. The highest BCUT2D eigenvalue weighted by atomic mass is 16.6. The highest BCUT2D eigenvalue weighted by molar-refractivity contribution is 6.07. The number of aliphatic hydroxyl groups is 2. The van der Waals surface area contributed by atoms with Gasteiger partial charge in [0.2, 0.25) is 5.91 Å². The molecule has 2 aromatic carbocycles. The van der Waals surface area contributed by atoms with Crippen molar-refractivity contribution in [2.45, 2.75) is 31.1 Å². The predicted octanol–water partition coefficient (Wildman–Crippen LogP) is 0.353. The Bertz CT molecular complexity index is 1720. The summed E-state index contributed by atoms with van der Waals surface area (Å²) in [4.78, 5) is 49.2. The molecule has 0 bridgehead atoms. The molecule has 2 aromatic heterocycles. The van der Waals surface area contributed by atoms with Crippen molar-refractivity contribution in [2.24, 2.45) is 0 Å². The van der Waals surface area contributed by atoms with Gasteiger partial charge in [-0.05, 0) is 35.9 Å². The topological polar surface area (TPSA) is 207 Å². The van der Waals surface area contributed by atoms with Crippen LogP contribution in [0, 0.1) is 0 Å². The number of nitrogens with one attached hydrogen (secondary N) is 3. The van der Waals surface area contributed by atoms with Crippen molar-refractivity contribution in [1.82, 2.24) is 30.2 Å². The molecule has 4 aromatic rings. The van der Waals surface area contributed by atoms with Gasteiger partial charge in [-0.1, -0.05) is 18.2 Å². The number of aromatic nitrogens is 4. The summed E-state index contributed by atoms with van der Waals surface area (Å²) in [5.74, 6) is -0.766. The second-order valence-corrected chi connectivity index (χ2v) is 9.80. The number of nitrogens with two attached hydrogens (primary N) is 1. The first-order valence-corrected chi connectivity index (χ1v) is 13.0. The van der Waals surface area contributed by atoms with Crippen LogP contribution >= 0.6 is 0 Å². The van der Waals surface area contributed by atoms with Crippen molar-refractivity contribution >= 4 is 46.5 Å². The average Bonchev–Trinajstić information content (AvgIpc) is 3.68. The number of nitrogens with zero attached hydrogens (tertiary/aromatic N) is 4. The number of nitrogen functional groups attached to an aromatic ring is 1. The van der Waals surface area contributed by atoms with Gasteiger partial charge in [-0.25, -0.2) is 15.0 Å². The van der Waals surface area contributed by atoms with Crippen LogP contribution < -0.4 is 21.7 Å². The zero-order valence-corrected chi connectivity index (χ0v) is 22.0. The monoisotopic (exact) mass is 570 g/mol. The molecule has 14 heteroatoms. The maximum atomic E-state index is 12.7. The lowest BCUT2D eigenvalue weighted by Gasteiger charge is -2.16. The lowest BCUT2D eigenvalue weighted by atomic mass is 10.1. The first-order valence-electron chi connectivity index (χ1n) is 13.0. The van der Waals surface area contributed by atoms with E-state index in [9.17, 15) is 24.6 Å². The third-order valence-electron chi connectivity index (χ3n) is 7.17. The molecule has 3 amide bonds. The largest absolute Gasteiger partial charge is 0.387 e. The Hall–Kier alpha value is -5.18. The van der Waals surface area contributed by atoms with Gasteiger partial charge in [-0.3, -0.25) is 19.0 Å². The van der Waals surface area contributed by atoms with E-state index >= 15 is 0 Å². The number of benzene rings is 2. The SMILES string of the molecule is Nc1ncnc2c1ncn2C1OC(CNC(=O)/C=C/c2ccc(C(=O)Nc3cccc4c3CNC4=O)cc2)C(O)C1O. The van der Waals surface area contributed by atoms with Crippen molar-refractivity contribution < 1.29 is 29.3 Å². The van der Waals surface area contributed by atoms with Crippen LogP contribution in [0.4, 0.5) is 11.5 Å². The van der Waals surface area contributed by atoms with E-state index in [0.717, 1.165) is 5.56 Å². The zero-order chi connectivity index (χ0) is 29.4. The highest BCUT2D eigenvalue weighted by Crippen LogP contribution is 2.31. The molecule has 0 aliphatic carbocycles. The molecule has 2 aliphatic heterocycles. The van der Waals surface area contributed by atoms with Gasteiger partial charge in [0.05, 0.1) is 6.33 Å². The Morgan fingerprint density at radius 1 is 1.12 bits per heavy atom. The lowest BCUT2D eigenvalue weighted by Crippen LogP contribution is -2.39. The van der Waals surface area contributed by atoms with Crippen molar-refractivity contribution in [3.8, 4) is 0 Å². The number of ether oxygens (including phenoxy) is 1. The van der Waals surface area contributed by atoms with E-state index in [2.05, 4.69) is 30.9 Å². The number of hydrogen-bond acceptors (Lipinski definition) is 10. The van der Waals surface area contributed by atoms with Crippen LogP contribution in [0.2, 0.25) is 0 Å². The standard InChI is InChI=1S/C28H26N8O6/c29-24-21-25(33-12-32-24)36(13-34-21)28-23(39)22(38)19(42-28)11-30-20(37)9-6-14-4-7-15(8-5-14)26(40)35-18-3-1-2-16-17(18)10-31-27(16)41/h1-9,12-13,19,22-23,28,38-39H,10-11H2,(H,30,37)(H,31,41)(H,35,40)(H2,29,32,33)/b9-6+. The number of aliphatic hydroxyl groups excluding tert-OH is 2. The fourth-order valence-electron chi connectivity index (χ4n) is 4.93. The molecular weight excluding hydrogens is 544 g/mol. The minimum atomic E-state index is -1.30. The first-order chi connectivity index (χ1) is 20.3. The average molecular weight is 571 g/mol. The van der Waals surface area contributed by atoms with Crippen LogP contribution in [0.5, 0.6) is 0 Å². The summed E-state index contributed by atoms with van der Waals surface area (Å²) >= 11 is 0. The maximum absolute atomic E-state index is 12.7. The van der Waals surface area contributed by atoms with Gasteiger partial charge in [-0.15, -0.1) is 0 Å². The predicted molar refractivity (Wildman–Crippen MR) is 150 cm³/mol. The third-order valence-corrected chi connectivity index (χ3v) is 7.17. The second kappa shape index (κ2) is 11.0. The Morgan fingerprint density at radius 2 is 1.93 bits per heavy atom. The Morgan fingerprint density at radius 3 is 2.74 bits per heavy atom. The molecule has 6 rings (SSSR count). The van der Waals surface area contributed by atoms with Gasteiger partial charge in [0.1, 0.15) is 30.2 Å². The van der Waals surface area contributed by atoms with E-state index in [1.54, 1.807) is 48.5 Å². The number of hydrogen-bond donors (Lipinski definition) is 6. The molecule has 4 unspecified atom stereocenters. The van der Waals surface area contributed by atoms with Gasteiger partial charge in [-0.2, -0.15) is 0 Å².